The summed E-state index contributed by atoms with van der Waals surface area (Å²) in [4.78, 5) is 31.7. The number of amides is 1. The number of carbonyl (C=O) groups excluding carboxylic acids is 1. The maximum atomic E-state index is 12.9. The van der Waals surface area contributed by atoms with Crippen molar-refractivity contribution in [1.82, 2.24) is 19.4 Å². The number of benzene rings is 1. The van der Waals surface area contributed by atoms with Gasteiger partial charge in [0.2, 0.25) is 0 Å². The van der Waals surface area contributed by atoms with Gasteiger partial charge >= 0.3 is 0 Å². The molecule has 2 heterocycles. The van der Waals surface area contributed by atoms with Crippen molar-refractivity contribution in [2.75, 3.05) is 46.9 Å². The van der Waals surface area contributed by atoms with Crippen LogP contribution in [0.1, 0.15) is 10.4 Å². The third kappa shape index (κ3) is 4.22. The summed E-state index contributed by atoms with van der Waals surface area (Å²) in [7, 11) is 2.82. The fourth-order valence-corrected chi connectivity index (χ4v) is 3.21. The van der Waals surface area contributed by atoms with Crippen LogP contribution in [0.25, 0.3) is 0 Å². The van der Waals surface area contributed by atoms with Gasteiger partial charge in [0.25, 0.3) is 11.6 Å². The zero-order valence-electron chi connectivity index (χ0n) is 15.9. The van der Waals surface area contributed by atoms with Crippen LogP contribution >= 0.6 is 0 Å². The normalized spacial score (nSPS) is 14.7. The quantitative estimate of drug-likeness (QED) is 0.519. The van der Waals surface area contributed by atoms with E-state index in [0.29, 0.717) is 26.2 Å². The number of nitro benzene ring substituents is 1. The molecule has 0 radical (unpaired) electrons. The summed E-state index contributed by atoms with van der Waals surface area (Å²) in [5.41, 5.74) is -0.278. The van der Waals surface area contributed by atoms with Gasteiger partial charge < -0.3 is 18.9 Å². The highest BCUT2D eigenvalue weighted by Crippen LogP contribution is 2.35. The molecule has 0 N–H and O–H groups in total. The minimum atomic E-state index is -0.573. The van der Waals surface area contributed by atoms with Crippen molar-refractivity contribution in [2.45, 2.75) is 6.54 Å². The van der Waals surface area contributed by atoms with Crippen LogP contribution in [-0.4, -0.2) is 77.1 Å². The summed E-state index contributed by atoms with van der Waals surface area (Å²) in [5, 5.41) is 11.4. The van der Waals surface area contributed by atoms with Gasteiger partial charge in [0.15, 0.2) is 11.5 Å². The minimum Gasteiger partial charge on any atom is -0.493 e. The highest BCUT2D eigenvalue weighted by molar-refractivity contribution is 5.99. The molecule has 10 nitrogen and oxygen atoms in total. The molecule has 0 bridgehead atoms. The van der Waals surface area contributed by atoms with Gasteiger partial charge in [0, 0.05) is 57.7 Å². The number of nitrogens with zero attached hydrogens (tertiary/aromatic N) is 5. The first-order valence-electron chi connectivity index (χ1n) is 8.91. The van der Waals surface area contributed by atoms with Gasteiger partial charge in [-0.2, -0.15) is 0 Å². The monoisotopic (exact) mass is 389 g/mol. The van der Waals surface area contributed by atoms with Crippen LogP contribution < -0.4 is 9.47 Å². The van der Waals surface area contributed by atoms with E-state index in [4.69, 9.17) is 9.47 Å². The Morgan fingerprint density at radius 1 is 1.14 bits per heavy atom. The summed E-state index contributed by atoms with van der Waals surface area (Å²) in [6.07, 6.45) is 5.43. The lowest BCUT2D eigenvalue weighted by atomic mass is 10.1. The lowest BCUT2D eigenvalue weighted by molar-refractivity contribution is -0.385. The fourth-order valence-electron chi connectivity index (χ4n) is 3.21. The second-order valence-electron chi connectivity index (χ2n) is 6.42. The molecule has 1 saturated heterocycles. The number of hydrogen-bond donors (Lipinski definition) is 0. The van der Waals surface area contributed by atoms with Crippen LogP contribution in [-0.2, 0) is 6.54 Å². The van der Waals surface area contributed by atoms with Crippen LogP contribution in [0.4, 0.5) is 5.69 Å². The largest absolute Gasteiger partial charge is 0.493 e. The van der Waals surface area contributed by atoms with E-state index in [1.54, 1.807) is 17.4 Å². The number of hydrogen-bond acceptors (Lipinski definition) is 7. The Labute approximate surface area is 162 Å². The average Bonchev–Trinajstić information content (AvgIpc) is 3.24. The molecule has 2 aromatic rings. The molecule has 1 aromatic carbocycles. The summed E-state index contributed by atoms with van der Waals surface area (Å²) in [6, 6.07) is 2.61. The first-order valence-corrected chi connectivity index (χ1v) is 8.91. The van der Waals surface area contributed by atoms with Gasteiger partial charge in [-0.1, -0.05) is 0 Å². The molecule has 0 atom stereocenters. The van der Waals surface area contributed by atoms with Crippen LogP contribution in [0, 0.1) is 10.1 Å². The first-order chi connectivity index (χ1) is 13.5. The standard InChI is InChI=1S/C18H23N5O5/c1-27-16-11-14(15(23(25)26)12-17(16)28-2)18(24)22-9-7-20(8-10-22)5-6-21-4-3-19-13-21/h3-4,11-13H,5-10H2,1-2H3. The second kappa shape index (κ2) is 8.70. The lowest BCUT2D eigenvalue weighted by Gasteiger charge is -2.34. The number of ether oxygens (including phenoxy) is 2. The summed E-state index contributed by atoms with van der Waals surface area (Å²) >= 11 is 0. The topological polar surface area (TPSA) is 103 Å². The molecule has 0 aliphatic carbocycles. The highest BCUT2D eigenvalue weighted by atomic mass is 16.6. The Balaban J connectivity index is 1.68. The molecule has 0 saturated carbocycles. The van der Waals surface area contributed by atoms with Gasteiger partial charge in [-0.3, -0.25) is 19.8 Å². The highest BCUT2D eigenvalue weighted by Gasteiger charge is 2.29. The molecule has 1 aromatic heterocycles. The van der Waals surface area contributed by atoms with E-state index in [1.165, 1.54) is 26.4 Å². The van der Waals surface area contributed by atoms with E-state index in [1.807, 2.05) is 10.8 Å². The molecule has 10 heteroatoms. The summed E-state index contributed by atoms with van der Waals surface area (Å²) < 4.78 is 12.3. The molecule has 0 spiro atoms. The molecule has 150 valence electrons. The average molecular weight is 389 g/mol. The number of aromatic nitrogens is 2. The third-order valence-electron chi connectivity index (χ3n) is 4.82. The molecular formula is C18H23N5O5. The van der Waals surface area contributed by atoms with Crippen molar-refractivity contribution >= 4 is 11.6 Å². The van der Waals surface area contributed by atoms with Gasteiger partial charge in [-0.25, -0.2) is 4.98 Å². The molecule has 28 heavy (non-hydrogen) atoms. The number of carbonyl (C=O) groups is 1. The van der Waals surface area contributed by atoms with E-state index in [9.17, 15) is 14.9 Å². The number of rotatable bonds is 7. The van der Waals surface area contributed by atoms with E-state index in [-0.39, 0.29) is 28.7 Å². The van der Waals surface area contributed by atoms with Crippen molar-refractivity contribution in [3.8, 4) is 11.5 Å². The Morgan fingerprint density at radius 2 is 1.82 bits per heavy atom. The molecule has 3 rings (SSSR count). The zero-order chi connectivity index (χ0) is 20.1. The van der Waals surface area contributed by atoms with Gasteiger partial charge in [0.05, 0.1) is 31.5 Å². The molecular weight excluding hydrogens is 366 g/mol. The molecule has 1 aliphatic rings. The van der Waals surface area contributed by atoms with Crippen LogP contribution in [0.5, 0.6) is 11.5 Å². The van der Waals surface area contributed by atoms with E-state index < -0.39 is 4.92 Å². The predicted molar refractivity (Wildman–Crippen MR) is 101 cm³/mol. The molecule has 1 fully saturated rings. The van der Waals surface area contributed by atoms with Crippen LogP contribution in [0.3, 0.4) is 0 Å². The maximum absolute atomic E-state index is 12.9. The Bertz CT molecular complexity index is 831. The smallest absolute Gasteiger partial charge is 0.286 e. The van der Waals surface area contributed by atoms with E-state index >= 15 is 0 Å². The molecule has 1 amide bonds. The zero-order valence-corrected chi connectivity index (χ0v) is 15.9. The van der Waals surface area contributed by atoms with Crippen LogP contribution in [0.15, 0.2) is 30.9 Å². The summed E-state index contributed by atoms with van der Waals surface area (Å²) in [6.45, 7) is 4.12. The summed E-state index contributed by atoms with van der Waals surface area (Å²) in [5.74, 6) is 0.132. The third-order valence-corrected chi connectivity index (χ3v) is 4.82. The number of imidazole rings is 1. The van der Waals surface area contributed by atoms with Gasteiger partial charge in [-0.05, 0) is 0 Å². The van der Waals surface area contributed by atoms with Crippen molar-refractivity contribution in [2.24, 2.45) is 0 Å². The number of methoxy groups -OCH3 is 2. The van der Waals surface area contributed by atoms with Gasteiger partial charge in [-0.15, -0.1) is 0 Å². The molecule has 0 unspecified atom stereocenters. The van der Waals surface area contributed by atoms with E-state index in [0.717, 1.165) is 13.1 Å². The van der Waals surface area contributed by atoms with Gasteiger partial charge in [0.1, 0.15) is 5.56 Å². The number of nitro groups is 1. The SMILES string of the molecule is COc1cc(C(=O)N2CCN(CCn3ccnc3)CC2)c([N+](=O)[O-])cc1OC. The molecule has 1 aliphatic heterocycles. The fraction of sp³-hybridized carbons (Fsp3) is 0.444. The number of piperazine rings is 1. The van der Waals surface area contributed by atoms with Crippen molar-refractivity contribution in [1.29, 1.82) is 0 Å². The van der Waals surface area contributed by atoms with Crippen LogP contribution in [0.2, 0.25) is 0 Å². The predicted octanol–water partition coefficient (Wildman–Crippen LogP) is 1.27. The Morgan fingerprint density at radius 3 is 2.39 bits per heavy atom. The Kier molecular flexibility index (Phi) is 6.09. The van der Waals surface area contributed by atoms with Crippen molar-refractivity contribution < 1.29 is 19.2 Å². The van der Waals surface area contributed by atoms with E-state index in [2.05, 4.69) is 9.88 Å². The maximum Gasteiger partial charge on any atom is 0.286 e. The van der Waals surface area contributed by atoms with Crippen molar-refractivity contribution in [3.63, 3.8) is 0 Å². The second-order valence-corrected chi connectivity index (χ2v) is 6.42. The minimum absolute atomic E-state index is 0.00881. The Hall–Kier alpha value is -3.14. The first kappa shape index (κ1) is 19.6. The lowest BCUT2D eigenvalue weighted by Crippen LogP contribution is -2.49. The van der Waals surface area contributed by atoms with Crippen molar-refractivity contribution in [3.05, 3.63) is 46.5 Å².